The Hall–Kier alpha value is -2.93. The molecule has 10 atom stereocenters. The molecule has 13 nitrogen and oxygen atoms in total. The Labute approximate surface area is 351 Å². The maximum Gasteiger partial charge on any atom is 0.332 e. The molecule has 0 spiro atoms. The van der Waals surface area contributed by atoms with Gasteiger partial charge in [-0.25, -0.2) is 9.59 Å². The minimum absolute atomic E-state index is 0. The molecule has 4 saturated carbocycles. The summed E-state index contributed by atoms with van der Waals surface area (Å²) in [6.07, 6.45) is 10.8. The summed E-state index contributed by atoms with van der Waals surface area (Å²) in [5.74, 6) is -1.49. The molecule has 1 amide bonds. The van der Waals surface area contributed by atoms with Gasteiger partial charge in [0.05, 0.1) is 11.5 Å². The Kier molecular flexibility index (Phi) is 14.2. The van der Waals surface area contributed by atoms with Crippen LogP contribution in [0.2, 0.25) is 0 Å². The zero-order valence-electron chi connectivity index (χ0n) is 36.9. The lowest BCUT2D eigenvalue weighted by molar-refractivity contribution is -0.754. The first-order valence-electron chi connectivity index (χ1n) is 21.4. The van der Waals surface area contributed by atoms with Gasteiger partial charge in [-0.15, -0.1) is 22.5 Å². The number of nitrogens with one attached hydrogen (secondary N) is 1. The Morgan fingerprint density at radius 1 is 0.879 bits per heavy atom. The van der Waals surface area contributed by atoms with E-state index in [1.807, 2.05) is 27.7 Å². The van der Waals surface area contributed by atoms with Crippen molar-refractivity contribution in [2.45, 2.75) is 159 Å². The average molecular weight is 839 g/mol. The first-order valence-corrected chi connectivity index (χ1v) is 21.4. The molecule has 0 radical (unpaired) electrons. The summed E-state index contributed by atoms with van der Waals surface area (Å²) in [7, 11) is 0. The minimum Gasteiger partial charge on any atom is -0.462 e. The Morgan fingerprint density at radius 2 is 1.52 bits per heavy atom. The molecular formula is C44H72ClN3O10. The lowest BCUT2D eigenvalue weighted by atomic mass is 9.33. The second kappa shape index (κ2) is 17.2. The highest BCUT2D eigenvalue weighted by molar-refractivity contribution is 5.87. The predicted octanol–water partition coefficient (Wildman–Crippen LogP) is 7.54. The standard InChI is InChI=1S/C44H71N3O10.ClH/c1-26(2)34(45)36(49)46-35(27(3)4)37(50)54-22-23-55-38(51)44-20-18-39(5,6)24-29(44)28-12-13-31-41(9)16-15-32(57-33(48)25-56-47(52)53)40(7,8)30(41)14-17-43(31,11)42(28,10)19-21-44;/h12,26-27,29-32,34-35H,13-25,45H2,1-11H3,(H,46,49);1H/t29-,30-,31+,32-,34-,35-,41-,42+,43+,44-;/m0./s1. The molecule has 0 aromatic heterocycles. The van der Waals surface area contributed by atoms with E-state index >= 15 is 0 Å². The number of amides is 1. The smallest absolute Gasteiger partial charge is 0.332 e. The number of halogens is 1. The molecule has 58 heavy (non-hydrogen) atoms. The number of fused-ring (bicyclic) bond motifs is 7. The normalized spacial score (nSPS) is 35.5. The number of esters is 3. The summed E-state index contributed by atoms with van der Waals surface area (Å²) in [6.45, 7) is 22.9. The first-order chi connectivity index (χ1) is 26.4. The molecular weight excluding hydrogens is 766 g/mol. The summed E-state index contributed by atoms with van der Waals surface area (Å²) in [6, 6.07) is -1.60. The van der Waals surface area contributed by atoms with E-state index in [0.29, 0.717) is 12.3 Å². The quantitative estimate of drug-likeness (QED) is 0.0466. The molecule has 0 aliphatic heterocycles. The van der Waals surface area contributed by atoms with E-state index < -0.39 is 47.0 Å². The fourth-order valence-corrected chi connectivity index (χ4v) is 12.7. The van der Waals surface area contributed by atoms with Crippen molar-refractivity contribution in [1.82, 2.24) is 5.32 Å². The van der Waals surface area contributed by atoms with Crippen LogP contribution in [0, 0.1) is 72.2 Å². The van der Waals surface area contributed by atoms with Crippen molar-refractivity contribution in [3.05, 3.63) is 21.8 Å². The molecule has 5 aliphatic carbocycles. The van der Waals surface area contributed by atoms with E-state index in [1.165, 1.54) is 5.57 Å². The second-order valence-electron chi connectivity index (χ2n) is 21.0. The molecule has 0 saturated heterocycles. The largest absolute Gasteiger partial charge is 0.462 e. The highest BCUT2D eigenvalue weighted by Crippen LogP contribution is 2.76. The van der Waals surface area contributed by atoms with Crippen LogP contribution < -0.4 is 11.1 Å². The van der Waals surface area contributed by atoms with Gasteiger partial charge in [-0.05, 0) is 115 Å². The highest BCUT2D eigenvalue weighted by Gasteiger charge is 2.69. The van der Waals surface area contributed by atoms with Crippen molar-refractivity contribution in [2.75, 3.05) is 19.8 Å². The molecule has 0 heterocycles. The summed E-state index contributed by atoms with van der Waals surface area (Å²) in [5, 5.41) is 12.5. The SMILES string of the molecule is CC(C)[C@H](N)C(=O)N[C@H](C(=O)OCCOC(=O)[C@]12CCC(C)(C)C[C@H]1C1=CC[C@@H]3[C@@]4(C)CC[C@H](OC(=O)CO[N+](=O)[O-])C(C)(C)[C@@H]4CC[C@@]3(C)[C@]1(C)CC2)C(C)C.Cl. The number of rotatable bonds is 13. The summed E-state index contributed by atoms with van der Waals surface area (Å²) in [5.41, 5.74) is 6.34. The van der Waals surface area contributed by atoms with Crippen molar-refractivity contribution in [3.8, 4) is 0 Å². The zero-order chi connectivity index (χ0) is 42.5. The van der Waals surface area contributed by atoms with Crippen LogP contribution >= 0.6 is 12.4 Å². The van der Waals surface area contributed by atoms with E-state index in [1.54, 1.807) is 0 Å². The van der Waals surface area contributed by atoms with E-state index in [2.05, 4.69) is 64.7 Å². The fourth-order valence-electron chi connectivity index (χ4n) is 12.7. The predicted molar refractivity (Wildman–Crippen MR) is 221 cm³/mol. The van der Waals surface area contributed by atoms with Gasteiger partial charge in [0, 0.05) is 5.41 Å². The number of ether oxygens (including phenoxy) is 3. The molecule has 5 aliphatic rings. The van der Waals surface area contributed by atoms with Crippen LogP contribution in [0.25, 0.3) is 0 Å². The van der Waals surface area contributed by atoms with Gasteiger partial charge in [0.15, 0.2) is 6.61 Å². The van der Waals surface area contributed by atoms with Gasteiger partial charge in [-0.3, -0.25) is 9.59 Å². The molecule has 0 aromatic carbocycles. The number of carbonyl (C=O) groups is 4. The van der Waals surface area contributed by atoms with Crippen LogP contribution in [-0.2, 0) is 38.2 Å². The molecule has 330 valence electrons. The monoisotopic (exact) mass is 837 g/mol. The third-order valence-corrected chi connectivity index (χ3v) is 16.3. The van der Waals surface area contributed by atoms with Crippen LogP contribution in [0.4, 0.5) is 0 Å². The lowest BCUT2D eigenvalue weighted by Crippen LogP contribution is -2.65. The zero-order valence-corrected chi connectivity index (χ0v) is 37.7. The summed E-state index contributed by atoms with van der Waals surface area (Å²) in [4.78, 5) is 67.7. The van der Waals surface area contributed by atoms with E-state index in [4.69, 9.17) is 19.9 Å². The van der Waals surface area contributed by atoms with Crippen LogP contribution in [0.5, 0.6) is 0 Å². The van der Waals surface area contributed by atoms with Gasteiger partial charge in [-0.2, -0.15) is 0 Å². The topological polar surface area (TPSA) is 186 Å². The van der Waals surface area contributed by atoms with Gasteiger partial charge < -0.3 is 30.1 Å². The second-order valence-corrected chi connectivity index (χ2v) is 21.0. The maximum atomic E-state index is 14.4. The van der Waals surface area contributed by atoms with Crippen LogP contribution in [0.15, 0.2) is 11.6 Å². The van der Waals surface area contributed by atoms with Gasteiger partial charge >= 0.3 is 17.9 Å². The third kappa shape index (κ3) is 8.50. The Morgan fingerprint density at radius 3 is 2.14 bits per heavy atom. The van der Waals surface area contributed by atoms with Crippen LogP contribution in [-0.4, -0.2) is 66.9 Å². The van der Waals surface area contributed by atoms with Gasteiger partial charge in [-0.1, -0.05) is 87.8 Å². The molecule has 3 N–H and O–H groups in total. The van der Waals surface area contributed by atoms with E-state index in [0.717, 1.165) is 57.8 Å². The van der Waals surface area contributed by atoms with Crippen molar-refractivity contribution >= 4 is 36.2 Å². The van der Waals surface area contributed by atoms with Gasteiger partial charge in [0.2, 0.25) is 5.91 Å². The van der Waals surface area contributed by atoms with Crippen LogP contribution in [0.3, 0.4) is 0 Å². The number of allylic oxidation sites excluding steroid dienone is 2. The molecule has 0 unspecified atom stereocenters. The van der Waals surface area contributed by atoms with E-state index in [-0.39, 0.29) is 88.4 Å². The number of nitrogens with zero attached hydrogens (tertiary/aromatic N) is 1. The average Bonchev–Trinajstić information content (AvgIpc) is 3.11. The number of carbonyl (C=O) groups excluding carboxylic acids is 4. The Balaban J connectivity index is 0.00000744. The lowest BCUT2D eigenvalue weighted by Gasteiger charge is -2.71. The molecule has 0 bridgehead atoms. The minimum atomic E-state index is -0.969. The molecule has 4 fully saturated rings. The number of nitrogens with two attached hydrogens (primary N) is 1. The van der Waals surface area contributed by atoms with Gasteiger partial charge in [0.1, 0.15) is 25.4 Å². The van der Waals surface area contributed by atoms with Crippen molar-refractivity contribution in [2.24, 2.45) is 67.8 Å². The van der Waals surface area contributed by atoms with Gasteiger partial charge in [0.25, 0.3) is 5.09 Å². The first kappa shape index (κ1) is 47.7. The van der Waals surface area contributed by atoms with Crippen LogP contribution in [0.1, 0.15) is 140 Å². The van der Waals surface area contributed by atoms with Crippen molar-refractivity contribution < 1.29 is 43.3 Å². The molecule has 5 rings (SSSR count). The fraction of sp³-hybridized carbons (Fsp3) is 0.864. The maximum absolute atomic E-state index is 14.4. The van der Waals surface area contributed by atoms with E-state index in [9.17, 15) is 29.3 Å². The molecule has 14 heteroatoms. The number of hydrogen-bond donors (Lipinski definition) is 2. The third-order valence-electron chi connectivity index (χ3n) is 16.3. The highest BCUT2D eigenvalue weighted by atomic mass is 35.5. The Bertz CT molecular complexity index is 1610. The summed E-state index contributed by atoms with van der Waals surface area (Å²) >= 11 is 0. The van der Waals surface area contributed by atoms with Crippen molar-refractivity contribution in [3.63, 3.8) is 0 Å². The van der Waals surface area contributed by atoms with Crippen molar-refractivity contribution in [1.29, 1.82) is 0 Å². The number of hydrogen-bond acceptors (Lipinski definition) is 11. The summed E-state index contributed by atoms with van der Waals surface area (Å²) < 4.78 is 17.5. The molecule has 0 aromatic rings.